The van der Waals surface area contributed by atoms with Crippen LogP contribution in [0, 0.1) is 0 Å². The second kappa shape index (κ2) is 4.94. The Labute approximate surface area is 111 Å². The van der Waals surface area contributed by atoms with Gasteiger partial charge >= 0.3 is 0 Å². The van der Waals surface area contributed by atoms with Gasteiger partial charge in [-0.25, -0.2) is 9.67 Å². The van der Waals surface area contributed by atoms with Crippen LogP contribution >= 0.6 is 0 Å². The highest BCUT2D eigenvalue weighted by Crippen LogP contribution is 2.21. The van der Waals surface area contributed by atoms with Gasteiger partial charge in [-0.15, -0.1) is 0 Å². The summed E-state index contributed by atoms with van der Waals surface area (Å²) >= 11 is 0. The molecule has 94 valence electrons. The lowest BCUT2D eigenvalue weighted by Crippen LogP contribution is -1.99. The van der Waals surface area contributed by atoms with E-state index in [9.17, 15) is 0 Å². The number of aromatic nitrogens is 3. The number of rotatable bonds is 3. The lowest BCUT2D eigenvalue weighted by Gasteiger charge is -2.07. The zero-order valence-electron chi connectivity index (χ0n) is 10.5. The van der Waals surface area contributed by atoms with Crippen LogP contribution in [0.5, 0.6) is 5.75 Å². The standard InChI is InChI=1S/C15H13N3O/c1-19-14-9-7-13(8-10-14)18-15(16-11-17-18)12-5-3-2-4-6-12/h2-11H,1H3. The van der Waals surface area contributed by atoms with E-state index in [0.29, 0.717) is 0 Å². The molecule has 3 rings (SSSR count). The Balaban J connectivity index is 2.04. The smallest absolute Gasteiger partial charge is 0.163 e. The fraction of sp³-hybridized carbons (Fsp3) is 0.0667. The van der Waals surface area contributed by atoms with Gasteiger partial charge in [-0.2, -0.15) is 5.10 Å². The molecule has 1 heterocycles. The normalized spacial score (nSPS) is 10.4. The summed E-state index contributed by atoms with van der Waals surface area (Å²) in [6.45, 7) is 0. The Bertz CT molecular complexity index is 659. The molecule has 4 heteroatoms. The molecule has 19 heavy (non-hydrogen) atoms. The molecule has 1 aromatic heterocycles. The van der Waals surface area contributed by atoms with Crippen LogP contribution in [0.2, 0.25) is 0 Å². The van der Waals surface area contributed by atoms with Crippen molar-refractivity contribution in [3.63, 3.8) is 0 Å². The van der Waals surface area contributed by atoms with E-state index in [4.69, 9.17) is 4.74 Å². The van der Waals surface area contributed by atoms with E-state index in [2.05, 4.69) is 10.1 Å². The lowest BCUT2D eigenvalue weighted by atomic mass is 10.2. The highest BCUT2D eigenvalue weighted by molar-refractivity contribution is 5.57. The van der Waals surface area contributed by atoms with Crippen LogP contribution in [0.1, 0.15) is 0 Å². The van der Waals surface area contributed by atoms with Gasteiger partial charge in [0.25, 0.3) is 0 Å². The molecule has 0 saturated heterocycles. The summed E-state index contributed by atoms with van der Waals surface area (Å²) in [5, 5.41) is 4.28. The van der Waals surface area contributed by atoms with Gasteiger partial charge in [0.1, 0.15) is 12.1 Å². The van der Waals surface area contributed by atoms with Crippen LogP contribution in [0.15, 0.2) is 60.9 Å². The zero-order chi connectivity index (χ0) is 13.1. The Morgan fingerprint density at radius 1 is 0.947 bits per heavy atom. The predicted molar refractivity (Wildman–Crippen MR) is 73.3 cm³/mol. The minimum absolute atomic E-state index is 0.824. The van der Waals surface area contributed by atoms with Gasteiger partial charge in [-0.05, 0) is 24.3 Å². The van der Waals surface area contributed by atoms with E-state index in [1.165, 1.54) is 0 Å². The topological polar surface area (TPSA) is 39.9 Å². The van der Waals surface area contributed by atoms with Crippen LogP contribution in [-0.4, -0.2) is 21.9 Å². The molecule has 3 aromatic rings. The number of hydrogen-bond acceptors (Lipinski definition) is 3. The highest BCUT2D eigenvalue weighted by Gasteiger charge is 2.08. The molecule has 4 nitrogen and oxygen atoms in total. The van der Waals surface area contributed by atoms with Crippen molar-refractivity contribution >= 4 is 0 Å². The van der Waals surface area contributed by atoms with Crippen LogP contribution in [0.3, 0.4) is 0 Å². The molecular formula is C15H13N3O. The van der Waals surface area contributed by atoms with E-state index in [-0.39, 0.29) is 0 Å². The molecule has 0 bridgehead atoms. The first-order chi connectivity index (χ1) is 9.38. The van der Waals surface area contributed by atoms with Crippen LogP contribution < -0.4 is 4.74 Å². The fourth-order valence-corrected chi connectivity index (χ4v) is 1.94. The average Bonchev–Trinajstić information content (AvgIpc) is 2.98. The van der Waals surface area contributed by atoms with Gasteiger partial charge in [0.2, 0.25) is 0 Å². The van der Waals surface area contributed by atoms with Gasteiger partial charge in [0.15, 0.2) is 5.82 Å². The molecule has 0 aliphatic carbocycles. The minimum Gasteiger partial charge on any atom is -0.497 e. The Morgan fingerprint density at radius 3 is 2.37 bits per heavy atom. The summed E-state index contributed by atoms with van der Waals surface area (Å²) in [4.78, 5) is 4.33. The first-order valence-electron chi connectivity index (χ1n) is 5.98. The summed E-state index contributed by atoms with van der Waals surface area (Å²) in [5.41, 5.74) is 1.99. The van der Waals surface area contributed by atoms with Gasteiger partial charge in [-0.3, -0.25) is 0 Å². The molecule has 0 atom stereocenters. The number of methoxy groups -OCH3 is 1. The predicted octanol–water partition coefficient (Wildman–Crippen LogP) is 2.94. The van der Waals surface area contributed by atoms with Crippen molar-refractivity contribution < 1.29 is 4.74 Å². The van der Waals surface area contributed by atoms with Crippen molar-refractivity contribution in [2.45, 2.75) is 0 Å². The monoisotopic (exact) mass is 251 g/mol. The van der Waals surface area contributed by atoms with E-state index >= 15 is 0 Å². The minimum atomic E-state index is 0.824. The summed E-state index contributed by atoms with van der Waals surface area (Å²) in [6, 6.07) is 17.7. The second-order valence-corrected chi connectivity index (χ2v) is 4.06. The number of benzene rings is 2. The summed E-state index contributed by atoms with van der Waals surface area (Å²) in [5.74, 6) is 1.65. The highest BCUT2D eigenvalue weighted by atomic mass is 16.5. The van der Waals surface area contributed by atoms with E-state index in [1.807, 2.05) is 59.3 Å². The average molecular weight is 251 g/mol. The van der Waals surface area contributed by atoms with Gasteiger partial charge < -0.3 is 4.74 Å². The largest absolute Gasteiger partial charge is 0.497 e. The maximum atomic E-state index is 5.16. The van der Waals surface area contributed by atoms with Gasteiger partial charge in [0, 0.05) is 5.56 Å². The van der Waals surface area contributed by atoms with Crippen LogP contribution in [0.4, 0.5) is 0 Å². The molecule has 0 aliphatic rings. The van der Waals surface area contributed by atoms with Crippen LogP contribution in [0.25, 0.3) is 17.1 Å². The Kier molecular flexibility index (Phi) is 2.98. The molecule has 2 aromatic carbocycles. The molecule has 0 N–H and O–H groups in total. The molecule has 0 radical (unpaired) electrons. The molecule has 0 fully saturated rings. The van der Waals surface area contributed by atoms with Crippen molar-refractivity contribution in [3.8, 4) is 22.8 Å². The molecule has 0 aliphatic heterocycles. The summed E-state index contributed by atoms with van der Waals surface area (Å²) in [7, 11) is 1.65. The third kappa shape index (κ3) is 2.20. The summed E-state index contributed by atoms with van der Waals surface area (Å²) in [6.07, 6.45) is 1.56. The Hall–Kier alpha value is -2.62. The SMILES string of the molecule is COc1ccc(-n2ncnc2-c2ccccc2)cc1. The number of hydrogen-bond donors (Lipinski definition) is 0. The van der Waals surface area contributed by atoms with E-state index < -0.39 is 0 Å². The maximum absolute atomic E-state index is 5.16. The molecule has 0 unspecified atom stereocenters. The van der Waals surface area contributed by atoms with E-state index in [0.717, 1.165) is 22.8 Å². The fourth-order valence-electron chi connectivity index (χ4n) is 1.94. The van der Waals surface area contributed by atoms with Crippen molar-refractivity contribution in [1.82, 2.24) is 14.8 Å². The number of nitrogens with zero attached hydrogens (tertiary/aromatic N) is 3. The second-order valence-electron chi connectivity index (χ2n) is 4.06. The lowest BCUT2D eigenvalue weighted by molar-refractivity contribution is 0.414. The molecular weight excluding hydrogens is 238 g/mol. The third-order valence-electron chi connectivity index (χ3n) is 2.90. The first-order valence-corrected chi connectivity index (χ1v) is 5.98. The van der Waals surface area contributed by atoms with Crippen molar-refractivity contribution in [2.24, 2.45) is 0 Å². The van der Waals surface area contributed by atoms with E-state index in [1.54, 1.807) is 13.4 Å². The van der Waals surface area contributed by atoms with Crippen LogP contribution in [-0.2, 0) is 0 Å². The van der Waals surface area contributed by atoms with Gasteiger partial charge in [0.05, 0.1) is 12.8 Å². The molecule has 0 spiro atoms. The number of ether oxygens (including phenoxy) is 1. The maximum Gasteiger partial charge on any atom is 0.163 e. The van der Waals surface area contributed by atoms with Crippen molar-refractivity contribution in [1.29, 1.82) is 0 Å². The van der Waals surface area contributed by atoms with Crippen molar-refractivity contribution in [2.75, 3.05) is 7.11 Å². The summed E-state index contributed by atoms with van der Waals surface area (Å²) < 4.78 is 6.97. The third-order valence-corrected chi connectivity index (χ3v) is 2.90. The quantitative estimate of drug-likeness (QED) is 0.718. The zero-order valence-corrected chi connectivity index (χ0v) is 10.5. The van der Waals surface area contributed by atoms with Crippen molar-refractivity contribution in [3.05, 3.63) is 60.9 Å². The molecule has 0 amide bonds. The Morgan fingerprint density at radius 2 is 1.68 bits per heavy atom. The molecule has 0 saturated carbocycles. The first kappa shape index (κ1) is 11.5. The van der Waals surface area contributed by atoms with Gasteiger partial charge in [-0.1, -0.05) is 30.3 Å².